The van der Waals surface area contributed by atoms with Crippen molar-refractivity contribution in [1.82, 2.24) is 14.7 Å². The fourth-order valence-electron chi connectivity index (χ4n) is 3.74. The van der Waals surface area contributed by atoms with Gasteiger partial charge in [0.25, 0.3) is 0 Å². The van der Waals surface area contributed by atoms with Gasteiger partial charge in [-0.05, 0) is 63.6 Å². The molecule has 0 saturated carbocycles. The number of hydrogen-bond acceptors (Lipinski definition) is 5. The van der Waals surface area contributed by atoms with Gasteiger partial charge in [-0.2, -0.15) is 5.10 Å². The number of aliphatic hydroxyl groups is 1. The summed E-state index contributed by atoms with van der Waals surface area (Å²) < 4.78 is 13.7. The van der Waals surface area contributed by atoms with Crippen molar-refractivity contribution in [2.24, 2.45) is 0 Å². The molecule has 1 aromatic heterocycles. The number of rotatable bonds is 12. The van der Waals surface area contributed by atoms with Crippen LogP contribution in [0, 0.1) is 13.8 Å². The Morgan fingerprint density at radius 1 is 1.06 bits per heavy atom. The average molecular weight is 438 g/mol. The first-order valence-electron chi connectivity index (χ1n) is 11.4. The second kappa shape index (κ2) is 11.8. The molecule has 0 fully saturated rings. The van der Waals surface area contributed by atoms with Gasteiger partial charge in [0, 0.05) is 19.7 Å². The van der Waals surface area contributed by atoms with Gasteiger partial charge in [-0.15, -0.1) is 0 Å². The molecule has 0 aliphatic heterocycles. The number of para-hydroxylation sites is 1. The van der Waals surface area contributed by atoms with Crippen LogP contribution in [0.3, 0.4) is 0 Å². The molecule has 6 heteroatoms. The zero-order valence-electron chi connectivity index (χ0n) is 19.6. The Morgan fingerprint density at radius 2 is 1.84 bits per heavy atom. The molecule has 0 bridgehead atoms. The van der Waals surface area contributed by atoms with Crippen molar-refractivity contribution in [1.29, 1.82) is 0 Å². The predicted molar refractivity (Wildman–Crippen MR) is 128 cm³/mol. The number of aromatic nitrogens is 2. The highest BCUT2D eigenvalue weighted by Crippen LogP contribution is 2.32. The number of aliphatic hydroxyl groups excluding tert-OH is 1. The largest absolute Gasteiger partial charge is 0.439 e. The lowest BCUT2D eigenvalue weighted by atomic mass is 10.2. The standard InChI is InChI=1S/C26H35N3O3/c1-5-15-28(17-23(30)19-31-6-2)18-25-21(4)27-29(22-12-8-7-9-13-22)26(25)32-24-14-10-11-20(3)16-24/h7-14,16,23,30H,5-6,15,17-19H2,1-4H3/t23-/m1/s1. The molecule has 0 aliphatic rings. The monoisotopic (exact) mass is 437 g/mol. The van der Waals surface area contributed by atoms with Crippen LogP contribution in [-0.2, 0) is 11.3 Å². The lowest BCUT2D eigenvalue weighted by Gasteiger charge is -2.25. The Hall–Kier alpha value is -2.67. The van der Waals surface area contributed by atoms with Crippen molar-refractivity contribution >= 4 is 0 Å². The Balaban J connectivity index is 1.95. The minimum Gasteiger partial charge on any atom is -0.439 e. The van der Waals surface area contributed by atoms with Crippen molar-refractivity contribution in [3.8, 4) is 17.3 Å². The molecule has 32 heavy (non-hydrogen) atoms. The fraction of sp³-hybridized carbons (Fsp3) is 0.423. The smallest absolute Gasteiger partial charge is 0.227 e. The van der Waals surface area contributed by atoms with Crippen LogP contribution in [0.5, 0.6) is 11.6 Å². The number of nitrogens with zero attached hydrogens (tertiary/aromatic N) is 3. The summed E-state index contributed by atoms with van der Waals surface area (Å²) in [6.45, 7) is 11.1. The van der Waals surface area contributed by atoms with Gasteiger partial charge in [-0.3, -0.25) is 4.90 Å². The molecule has 3 rings (SSSR count). The van der Waals surface area contributed by atoms with E-state index in [1.54, 1.807) is 0 Å². The van der Waals surface area contributed by atoms with Crippen molar-refractivity contribution in [3.63, 3.8) is 0 Å². The third-order valence-corrected chi connectivity index (χ3v) is 5.25. The first-order chi connectivity index (χ1) is 15.5. The van der Waals surface area contributed by atoms with Crippen molar-refractivity contribution in [3.05, 3.63) is 71.4 Å². The molecule has 0 amide bonds. The molecule has 2 aromatic carbocycles. The fourth-order valence-corrected chi connectivity index (χ4v) is 3.74. The first-order valence-corrected chi connectivity index (χ1v) is 11.4. The normalized spacial score (nSPS) is 12.3. The highest BCUT2D eigenvalue weighted by molar-refractivity contribution is 5.43. The molecular weight excluding hydrogens is 402 g/mol. The number of aryl methyl sites for hydroxylation is 2. The third-order valence-electron chi connectivity index (χ3n) is 5.25. The van der Waals surface area contributed by atoms with E-state index in [1.165, 1.54) is 0 Å². The van der Waals surface area contributed by atoms with E-state index in [2.05, 4.69) is 24.8 Å². The van der Waals surface area contributed by atoms with Gasteiger partial charge in [-0.25, -0.2) is 4.68 Å². The zero-order valence-corrected chi connectivity index (χ0v) is 19.6. The molecule has 1 N–H and O–H groups in total. The first kappa shape index (κ1) is 24.0. The summed E-state index contributed by atoms with van der Waals surface area (Å²) in [5, 5.41) is 15.2. The van der Waals surface area contributed by atoms with E-state index in [9.17, 15) is 5.11 Å². The van der Waals surface area contributed by atoms with Crippen molar-refractivity contribution in [2.75, 3.05) is 26.3 Å². The van der Waals surface area contributed by atoms with Gasteiger partial charge in [-0.1, -0.05) is 37.3 Å². The highest BCUT2D eigenvalue weighted by atomic mass is 16.5. The van der Waals surface area contributed by atoms with Crippen LogP contribution in [-0.4, -0.2) is 52.2 Å². The Morgan fingerprint density at radius 3 is 2.53 bits per heavy atom. The second-order valence-corrected chi connectivity index (χ2v) is 8.08. The van der Waals surface area contributed by atoms with Crippen molar-refractivity contribution < 1.29 is 14.6 Å². The van der Waals surface area contributed by atoms with Gasteiger partial charge in [0.15, 0.2) is 0 Å². The predicted octanol–water partition coefficient (Wildman–Crippen LogP) is 4.89. The van der Waals surface area contributed by atoms with E-state index in [4.69, 9.17) is 14.6 Å². The summed E-state index contributed by atoms with van der Waals surface area (Å²) in [5.74, 6) is 1.49. The molecule has 6 nitrogen and oxygen atoms in total. The minimum atomic E-state index is -0.535. The lowest BCUT2D eigenvalue weighted by molar-refractivity contribution is 0.0195. The maximum atomic E-state index is 10.4. The van der Waals surface area contributed by atoms with E-state index in [0.29, 0.717) is 32.2 Å². The van der Waals surface area contributed by atoms with E-state index in [0.717, 1.165) is 41.2 Å². The Kier molecular flexibility index (Phi) is 8.85. The maximum absolute atomic E-state index is 10.4. The quantitative estimate of drug-likeness (QED) is 0.437. The average Bonchev–Trinajstić information content (AvgIpc) is 3.08. The topological polar surface area (TPSA) is 59.8 Å². The second-order valence-electron chi connectivity index (χ2n) is 8.08. The molecular formula is C26H35N3O3. The molecule has 0 aliphatic carbocycles. The highest BCUT2D eigenvalue weighted by Gasteiger charge is 2.22. The van der Waals surface area contributed by atoms with E-state index in [-0.39, 0.29) is 0 Å². The van der Waals surface area contributed by atoms with Crippen LogP contribution in [0.4, 0.5) is 0 Å². The molecule has 0 saturated heterocycles. The molecule has 0 radical (unpaired) electrons. The maximum Gasteiger partial charge on any atom is 0.227 e. The summed E-state index contributed by atoms with van der Waals surface area (Å²) in [4.78, 5) is 2.24. The van der Waals surface area contributed by atoms with Gasteiger partial charge in [0.05, 0.1) is 29.7 Å². The van der Waals surface area contributed by atoms with E-state index < -0.39 is 6.10 Å². The number of ether oxygens (including phenoxy) is 2. The van der Waals surface area contributed by atoms with Gasteiger partial charge >= 0.3 is 0 Å². The molecule has 0 spiro atoms. The van der Waals surface area contributed by atoms with Crippen molar-refractivity contribution in [2.45, 2.75) is 46.8 Å². The van der Waals surface area contributed by atoms with Crippen LogP contribution < -0.4 is 4.74 Å². The molecule has 3 aromatic rings. The van der Waals surface area contributed by atoms with Crippen LogP contribution in [0.15, 0.2) is 54.6 Å². The summed E-state index contributed by atoms with van der Waals surface area (Å²) in [6, 6.07) is 18.1. The lowest BCUT2D eigenvalue weighted by Crippen LogP contribution is -2.35. The SMILES string of the molecule is CCCN(Cc1c(C)nn(-c2ccccc2)c1Oc1cccc(C)c1)C[C@@H](O)COCC. The molecule has 172 valence electrons. The van der Waals surface area contributed by atoms with Gasteiger partial charge < -0.3 is 14.6 Å². The Bertz CT molecular complexity index is 972. The van der Waals surface area contributed by atoms with E-state index >= 15 is 0 Å². The van der Waals surface area contributed by atoms with Gasteiger partial charge in [0.1, 0.15) is 5.75 Å². The molecule has 1 heterocycles. The van der Waals surface area contributed by atoms with Crippen LogP contribution in [0.25, 0.3) is 5.69 Å². The minimum absolute atomic E-state index is 0.339. The van der Waals surface area contributed by atoms with Crippen LogP contribution >= 0.6 is 0 Å². The van der Waals surface area contributed by atoms with Crippen LogP contribution in [0.2, 0.25) is 0 Å². The molecule has 1 atom stereocenters. The zero-order chi connectivity index (χ0) is 22.9. The molecule has 0 unspecified atom stereocenters. The van der Waals surface area contributed by atoms with Gasteiger partial charge in [0.2, 0.25) is 5.88 Å². The third kappa shape index (κ3) is 6.42. The van der Waals surface area contributed by atoms with E-state index in [1.807, 2.05) is 67.1 Å². The number of benzene rings is 2. The summed E-state index contributed by atoms with van der Waals surface area (Å²) in [6.07, 6.45) is 0.452. The van der Waals surface area contributed by atoms with Crippen LogP contribution in [0.1, 0.15) is 37.1 Å². The summed E-state index contributed by atoms with van der Waals surface area (Å²) in [7, 11) is 0. The Labute approximate surface area is 191 Å². The summed E-state index contributed by atoms with van der Waals surface area (Å²) >= 11 is 0. The number of hydrogen-bond donors (Lipinski definition) is 1. The summed E-state index contributed by atoms with van der Waals surface area (Å²) in [5.41, 5.74) is 4.02.